The molecule has 0 N–H and O–H groups in total. The molecule has 0 amide bonds. The maximum Gasteiger partial charge on any atom is 0.416 e. The Bertz CT molecular complexity index is 2050. The Labute approximate surface area is 257 Å². The number of fused-ring (bicyclic) bond motifs is 4. The van der Waals surface area contributed by atoms with E-state index in [0.29, 0.717) is 55.7 Å². The molecule has 2 aliphatic rings. The normalized spacial score (nSPS) is 13.2. The lowest BCUT2D eigenvalue weighted by Gasteiger charge is -2.18. The molecule has 0 spiro atoms. The monoisotopic (exact) mass is 616 g/mol. The molecule has 2 aliphatic carbocycles. The summed E-state index contributed by atoms with van der Waals surface area (Å²) in [6.45, 7) is 0. The number of rotatable bonds is 2. The van der Waals surface area contributed by atoms with E-state index in [1.54, 1.807) is 36.4 Å². The van der Waals surface area contributed by atoms with Gasteiger partial charge >= 0.3 is 12.4 Å². The molecule has 0 radical (unpaired) electrons. The van der Waals surface area contributed by atoms with E-state index < -0.39 is 23.5 Å². The Balaban J connectivity index is 1.73. The van der Waals surface area contributed by atoms with Crippen molar-refractivity contribution in [3.8, 4) is 46.5 Å². The Morgan fingerprint density at radius 3 is 1.02 bits per heavy atom. The van der Waals surface area contributed by atoms with Gasteiger partial charge in [-0.15, -0.1) is 0 Å². The molecule has 0 unspecified atom stereocenters. The maximum atomic E-state index is 13.4. The molecule has 0 aliphatic heterocycles. The lowest BCUT2D eigenvalue weighted by Crippen LogP contribution is -2.04. The third-order valence-electron chi connectivity index (χ3n) is 7.91. The molecule has 0 bridgehead atoms. The van der Waals surface area contributed by atoms with Crippen molar-refractivity contribution in [3.63, 3.8) is 0 Å². The molecule has 4 nitrogen and oxygen atoms in total. The molecule has 46 heavy (non-hydrogen) atoms. The number of hydrogen-bond donors (Lipinski definition) is 0. The van der Waals surface area contributed by atoms with Crippen LogP contribution in [-0.2, 0) is 12.4 Å². The largest absolute Gasteiger partial charge is 0.416 e. The number of nitrogens with zero attached hydrogens (tertiary/aromatic N) is 4. The van der Waals surface area contributed by atoms with Gasteiger partial charge in [0.05, 0.1) is 11.1 Å². The maximum absolute atomic E-state index is 13.4. The summed E-state index contributed by atoms with van der Waals surface area (Å²) in [5, 5.41) is 40.2. The van der Waals surface area contributed by atoms with Gasteiger partial charge in [-0.05, 0) is 68.8 Å². The first-order valence-corrected chi connectivity index (χ1v) is 13.4. The van der Waals surface area contributed by atoms with Crippen molar-refractivity contribution in [1.29, 1.82) is 21.0 Å². The molecule has 0 saturated heterocycles. The summed E-state index contributed by atoms with van der Waals surface area (Å²) in [5.41, 5.74) is 1.73. The first-order valence-electron chi connectivity index (χ1n) is 13.4. The van der Waals surface area contributed by atoms with Crippen molar-refractivity contribution in [3.05, 3.63) is 129 Å². The third kappa shape index (κ3) is 4.53. The number of halogens is 6. The van der Waals surface area contributed by atoms with E-state index in [1.165, 1.54) is 24.3 Å². The Morgan fingerprint density at radius 1 is 0.435 bits per heavy atom. The van der Waals surface area contributed by atoms with Gasteiger partial charge < -0.3 is 0 Å². The van der Waals surface area contributed by atoms with Crippen LogP contribution in [0.1, 0.15) is 33.4 Å². The molecular formula is C36H14F6N4. The molecular weight excluding hydrogens is 602 g/mol. The first kappa shape index (κ1) is 29.7. The van der Waals surface area contributed by atoms with Crippen LogP contribution in [0.5, 0.6) is 0 Å². The minimum Gasteiger partial charge on any atom is -0.192 e. The van der Waals surface area contributed by atoms with Crippen molar-refractivity contribution >= 4 is 22.3 Å². The van der Waals surface area contributed by atoms with Crippen LogP contribution >= 0.6 is 0 Å². The van der Waals surface area contributed by atoms with Crippen LogP contribution in [0.3, 0.4) is 0 Å². The van der Waals surface area contributed by atoms with Crippen LogP contribution in [-0.4, -0.2) is 0 Å². The molecule has 4 aromatic rings. The zero-order valence-electron chi connectivity index (χ0n) is 23.1. The number of nitriles is 4. The molecule has 0 heterocycles. The summed E-state index contributed by atoms with van der Waals surface area (Å²) in [6, 6.07) is 26.2. The van der Waals surface area contributed by atoms with Crippen LogP contribution in [0.4, 0.5) is 26.3 Å². The molecule has 220 valence electrons. The standard InChI is InChI=1S/C36H14F6N4/c37-35(38,39)23-11-7-19(8-12-23)25-3-1-5-27-29(21(15-43)16-44)33-32-26(20-9-13-24(14-10-20)36(40,41)42)4-2-6-28(32)30(22(17-45)18-46)34(33)31(25)27/h1-14H. The molecule has 6 rings (SSSR count). The van der Waals surface area contributed by atoms with Crippen LogP contribution in [0, 0.1) is 45.3 Å². The Kier molecular flexibility index (Phi) is 6.89. The fraction of sp³-hybridized carbons (Fsp3) is 0.0556. The molecule has 0 aromatic heterocycles. The van der Waals surface area contributed by atoms with Crippen LogP contribution in [0.15, 0.2) is 96.1 Å². The highest BCUT2D eigenvalue weighted by Crippen LogP contribution is 2.62. The quantitative estimate of drug-likeness (QED) is 0.166. The zero-order chi connectivity index (χ0) is 33.0. The topological polar surface area (TPSA) is 95.2 Å². The second kappa shape index (κ2) is 10.7. The van der Waals surface area contributed by atoms with Crippen LogP contribution < -0.4 is 0 Å². The smallest absolute Gasteiger partial charge is 0.192 e. The first-order chi connectivity index (χ1) is 21.9. The minimum absolute atomic E-state index is 0.176. The van der Waals surface area contributed by atoms with Gasteiger partial charge in [0.2, 0.25) is 0 Å². The van der Waals surface area contributed by atoms with Gasteiger partial charge in [-0.2, -0.15) is 47.4 Å². The molecule has 10 heteroatoms. The number of benzene rings is 4. The van der Waals surface area contributed by atoms with Crippen LogP contribution in [0.2, 0.25) is 0 Å². The predicted molar refractivity (Wildman–Crippen MR) is 157 cm³/mol. The fourth-order valence-electron chi connectivity index (χ4n) is 6.03. The number of alkyl halides is 6. The number of allylic oxidation sites excluding steroid dienone is 6. The third-order valence-corrected chi connectivity index (χ3v) is 7.91. The van der Waals surface area contributed by atoms with Gasteiger partial charge in [0.25, 0.3) is 0 Å². The van der Waals surface area contributed by atoms with E-state index in [-0.39, 0.29) is 22.3 Å². The summed E-state index contributed by atoms with van der Waals surface area (Å²) < 4.78 is 80.2. The van der Waals surface area contributed by atoms with Gasteiger partial charge in [0.1, 0.15) is 35.4 Å². The van der Waals surface area contributed by atoms with E-state index in [1.807, 2.05) is 24.3 Å². The molecule has 0 atom stereocenters. The average Bonchev–Trinajstić information content (AvgIpc) is 3.55. The van der Waals surface area contributed by atoms with Crippen LogP contribution in [0.25, 0.3) is 44.5 Å². The second-order valence-electron chi connectivity index (χ2n) is 10.3. The molecule has 0 fully saturated rings. The highest BCUT2D eigenvalue weighted by molar-refractivity contribution is 6.39. The zero-order valence-corrected chi connectivity index (χ0v) is 23.1. The van der Waals surface area contributed by atoms with E-state index in [4.69, 9.17) is 0 Å². The van der Waals surface area contributed by atoms with Gasteiger partial charge in [-0.1, -0.05) is 60.7 Å². The van der Waals surface area contributed by atoms with Gasteiger partial charge in [-0.25, -0.2) is 0 Å². The lowest BCUT2D eigenvalue weighted by atomic mass is 9.84. The summed E-state index contributed by atoms with van der Waals surface area (Å²) in [7, 11) is 0. The fourth-order valence-corrected chi connectivity index (χ4v) is 6.03. The molecule has 0 saturated carbocycles. The highest BCUT2D eigenvalue weighted by atomic mass is 19.4. The summed E-state index contributed by atoms with van der Waals surface area (Å²) in [6.07, 6.45) is -9.16. The van der Waals surface area contributed by atoms with Gasteiger partial charge in [0.15, 0.2) is 0 Å². The van der Waals surface area contributed by atoms with Gasteiger partial charge in [0, 0.05) is 22.3 Å². The Morgan fingerprint density at radius 2 is 0.739 bits per heavy atom. The average molecular weight is 617 g/mol. The SMILES string of the molecule is N#CC(C#N)=C1C2=C(C(=C(C#N)C#N)c3cccc(-c4ccc(C(F)(F)F)cc4)c32)c2c1cccc2-c1ccc(C(F)(F)F)cc1. The van der Waals surface area contributed by atoms with E-state index in [2.05, 4.69) is 0 Å². The second-order valence-corrected chi connectivity index (χ2v) is 10.3. The van der Waals surface area contributed by atoms with Crippen molar-refractivity contribution < 1.29 is 26.3 Å². The van der Waals surface area contributed by atoms with E-state index in [9.17, 15) is 47.4 Å². The summed E-state index contributed by atoms with van der Waals surface area (Å²) in [4.78, 5) is 0. The number of hydrogen-bond acceptors (Lipinski definition) is 4. The van der Waals surface area contributed by atoms with Gasteiger partial charge in [-0.3, -0.25) is 0 Å². The summed E-state index contributed by atoms with van der Waals surface area (Å²) >= 11 is 0. The molecule has 4 aromatic carbocycles. The predicted octanol–water partition coefficient (Wildman–Crippen LogP) is 9.60. The van der Waals surface area contributed by atoms with E-state index in [0.717, 1.165) is 24.3 Å². The van der Waals surface area contributed by atoms with Crippen molar-refractivity contribution in [2.24, 2.45) is 0 Å². The van der Waals surface area contributed by atoms with Crippen molar-refractivity contribution in [2.45, 2.75) is 12.4 Å². The lowest BCUT2D eigenvalue weighted by molar-refractivity contribution is -0.138. The Hall–Kier alpha value is -6.36. The van der Waals surface area contributed by atoms with Crippen molar-refractivity contribution in [2.75, 3.05) is 0 Å². The summed E-state index contributed by atoms with van der Waals surface area (Å²) in [5.74, 6) is 0. The minimum atomic E-state index is -4.58. The van der Waals surface area contributed by atoms with Crippen molar-refractivity contribution in [1.82, 2.24) is 0 Å². The van der Waals surface area contributed by atoms with E-state index >= 15 is 0 Å². The highest BCUT2D eigenvalue weighted by Gasteiger charge is 2.42.